The van der Waals surface area contributed by atoms with E-state index in [0.717, 1.165) is 5.55 Å². The summed E-state index contributed by atoms with van der Waals surface area (Å²) >= 11 is 0.398. The van der Waals surface area contributed by atoms with Gasteiger partial charge in [-0.05, 0) is 0 Å². The molecule has 0 rings (SSSR count). The molecule has 4 heavy (non-hydrogen) atoms. The third kappa shape index (κ3) is 1.98. The molecule has 2 nitrogen and oxygen atoms in total. The summed E-state index contributed by atoms with van der Waals surface area (Å²) in [5.74, 6) is 0. The summed E-state index contributed by atoms with van der Waals surface area (Å²) in [6, 6.07) is 0. The molecule has 0 saturated heterocycles. The highest BCUT2D eigenvalue weighted by molar-refractivity contribution is 8.06. The average molecular weight is 77.1 g/mol. The summed E-state index contributed by atoms with van der Waals surface area (Å²) in [7, 11) is 0. The quantitative estimate of drug-likeness (QED) is 0.276. The van der Waals surface area contributed by atoms with Crippen molar-refractivity contribution < 1.29 is 4.55 Å². The second-order valence-electron chi connectivity index (χ2n) is 0.223. The molecule has 0 aromatic rings. The molecule has 0 saturated carbocycles. The van der Waals surface area contributed by atoms with Gasteiger partial charge in [0.2, 0.25) is 0 Å². The van der Waals surface area contributed by atoms with Crippen molar-refractivity contribution in [2.75, 3.05) is 0 Å². The van der Waals surface area contributed by atoms with Gasteiger partial charge in [0.05, 0.1) is 5.55 Å². The largest absolute Gasteiger partial charge is 0.325 e. The first-order valence-corrected chi connectivity index (χ1v) is 1.54. The van der Waals surface area contributed by atoms with Crippen LogP contribution in [0.15, 0.2) is 0 Å². The topological polar surface area (TPSA) is 44.1 Å². The fourth-order valence-electron chi connectivity index (χ4n) is 0. The second-order valence-corrected chi connectivity index (χ2v) is 0.670. The van der Waals surface area contributed by atoms with E-state index in [1.165, 1.54) is 0 Å². The first kappa shape index (κ1) is 3.98. The maximum Gasteiger partial charge on any atom is 0.0782 e. The van der Waals surface area contributed by atoms with Crippen LogP contribution in [0.5, 0.6) is 0 Å². The standard InChI is InChI=1S/CH3NOS/c2-1-4-3/h1-3H. The van der Waals surface area contributed by atoms with Gasteiger partial charge in [0.15, 0.2) is 0 Å². The maximum absolute atomic E-state index is 7.55. The molecule has 0 heterocycles. The van der Waals surface area contributed by atoms with E-state index in [1.54, 1.807) is 0 Å². The van der Waals surface area contributed by atoms with Crippen molar-refractivity contribution in [1.29, 1.82) is 5.41 Å². The van der Waals surface area contributed by atoms with Crippen LogP contribution >= 0.6 is 12.0 Å². The molecule has 0 spiro atoms. The lowest BCUT2D eigenvalue weighted by molar-refractivity contribution is 0.674. The van der Waals surface area contributed by atoms with Gasteiger partial charge in [0.25, 0.3) is 0 Å². The summed E-state index contributed by atoms with van der Waals surface area (Å²) in [6.45, 7) is 0. The molecule has 0 aliphatic carbocycles. The molecule has 0 aromatic heterocycles. The Morgan fingerprint density at radius 1 is 2.00 bits per heavy atom. The van der Waals surface area contributed by atoms with E-state index in [9.17, 15) is 0 Å². The predicted molar refractivity (Wildman–Crippen MR) is 19.0 cm³/mol. The molecule has 0 radical (unpaired) electrons. The molecular weight excluding hydrogens is 74.1 g/mol. The zero-order valence-corrected chi connectivity index (χ0v) is 2.75. The fourth-order valence-corrected chi connectivity index (χ4v) is 0. The Kier molecular flexibility index (Phi) is 2.97. The van der Waals surface area contributed by atoms with Gasteiger partial charge in [-0.3, -0.25) is 5.41 Å². The van der Waals surface area contributed by atoms with Crippen LogP contribution in [-0.4, -0.2) is 10.1 Å². The molecule has 0 aliphatic heterocycles. The van der Waals surface area contributed by atoms with Crippen molar-refractivity contribution in [2.24, 2.45) is 0 Å². The van der Waals surface area contributed by atoms with Crippen LogP contribution < -0.4 is 0 Å². The molecule has 0 fully saturated rings. The van der Waals surface area contributed by atoms with Crippen LogP contribution in [0, 0.1) is 5.41 Å². The first-order chi connectivity index (χ1) is 1.91. The van der Waals surface area contributed by atoms with E-state index in [1.807, 2.05) is 0 Å². The highest BCUT2D eigenvalue weighted by Gasteiger charge is 1.48. The van der Waals surface area contributed by atoms with Crippen molar-refractivity contribution in [3.63, 3.8) is 0 Å². The van der Waals surface area contributed by atoms with Crippen LogP contribution in [0.3, 0.4) is 0 Å². The Balaban J connectivity index is 2.30. The molecule has 24 valence electrons. The number of rotatable bonds is 1. The normalized spacial score (nSPS) is 6.25. The van der Waals surface area contributed by atoms with Gasteiger partial charge in [-0.1, -0.05) is 0 Å². The molecule has 0 aromatic carbocycles. The smallest absolute Gasteiger partial charge is 0.0782 e. The van der Waals surface area contributed by atoms with E-state index in [-0.39, 0.29) is 0 Å². The van der Waals surface area contributed by atoms with Gasteiger partial charge in [0, 0.05) is 12.0 Å². The summed E-state index contributed by atoms with van der Waals surface area (Å²) in [5, 5.41) is 6.04. The Morgan fingerprint density at radius 2 is 2.25 bits per heavy atom. The predicted octanol–water partition coefficient (Wildman–Crippen LogP) is 0.800. The minimum absolute atomic E-state index is 0.398. The molecule has 3 heteroatoms. The van der Waals surface area contributed by atoms with Crippen LogP contribution in [0.2, 0.25) is 0 Å². The summed E-state index contributed by atoms with van der Waals surface area (Å²) in [4.78, 5) is 0. The fraction of sp³-hybridized carbons (Fsp3) is 0. The number of hydrogen-bond donors (Lipinski definition) is 2. The molecule has 0 bridgehead atoms. The highest BCUT2D eigenvalue weighted by atomic mass is 32.2. The highest BCUT2D eigenvalue weighted by Crippen LogP contribution is 1.73. The van der Waals surface area contributed by atoms with Crippen LogP contribution in [0.25, 0.3) is 0 Å². The van der Waals surface area contributed by atoms with Crippen molar-refractivity contribution in [1.82, 2.24) is 0 Å². The molecule has 0 unspecified atom stereocenters. The Labute approximate surface area is 28.6 Å². The third-order valence-electron chi connectivity index (χ3n) is 0.0527. The lowest BCUT2D eigenvalue weighted by Crippen LogP contribution is -1.43. The van der Waals surface area contributed by atoms with Crippen molar-refractivity contribution >= 4 is 17.6 Å². The Hall–Kier alpha value is -0.0200. The maximum atomic E-state index is 7.55. The van der Waals surface area contributed by atoms with Gasteiger partial charge < -0.3 is 4.55 Å². The number of nitrogens with one attached hydrogen (secondary N) is 1. The van der Waals surface area contributed by atoms with Gasteiger partial charge in [-0.15, -0.1) is 0 Å². The van der Waals surface area contributed by atoms with E-state index >= 15 is 0 Å². The van der Waals surface area contributed by atoms with Crippen molar-refractivity contribution in [2.45, 2.75) is 0 Å². The minimum Gasteiger partial charge on any atom is -0.325 e. The lowest BCUT2D eigenvalue weighted by Gasteiger charge is -1.57. The monoisotopic (exact) mass is 77.0 g/mol. The van der Waals surface area contributed by atoms with Crippen molar-refractivity contribution in [3.05, 3.63) is 0 Å². The van der Waals surface area contributed by atoms with E-state index in [0.29, 0.717) is 12.0 Å². The molecule has 2 N–H and O–H groups in total. The summed E-state index contributed by atoms with van der Waals surface area (Å²) < 4.78 is 7.55. The van der Waals surface area contributed by atoms with Crippen LogP contribution in [-0.2, 0) is 0 Å². The number of hydrogen-bond acceptors (Lipinski definition) is 3. The third-order valence-corrected chi connectivity index (χ3v) is 0.158. The van der Waals surface area contributed by atoms with Gasteiger partial charge in [-0.2, -0.15) is 0 Å². The zero-order valence-electron chi connectivity index (χ0n) is 1.93. The van der Waals surface area contributed by atoms with E-state index < -0.39 is 0 Å². The average Bonchev–Trinajstić information content (AvgIpc) is 1.37. The molecule has 0 atom stereocenters. The lowest BCUT2D eigenvalue weighted by atomic mass is 11.7. The zero-order chi connectivity index (χ0) is 3.41. The van der Waals surface area contributed by atoms with Crippen LogP contribution in [0.1, 0.15) is 0 Å². The van der Waals surface area contributed by atoms with Crippen LogP contribution in [0.4, 0.5) is 0 Å². The summed E-state index contributed by atoms with van der Waals surface area (Å²) in [6.07, 6.45) is 0. The SMILES string of the molecule is N=CSO. The molecule has 0 amide bonds. The Morgan fingerprint density at radius 3 is 2.25 bits per heavy atom. The van der Waals surface area contributed by atoms with Crippen molar-refractivity contribution in [3.8, 4) is 0 Å². The molecule has 0 aliphatic rings. The van der Waals surface area contributed by atoms with Gasteiger partial charge in [0.1, 0.15) is 0 Å². The summed E-state index contributed by atoms with van der Waals surface area (Å²) in [5.41, 5.74) is 0.847. The molecular formula is CH3NOS. The Bertz CT molecular complexity index is 22.0. The second kappa shape index (κ2) is 2.98. The first-order valence-electron chi connectivity index (χ1n) is 0.707. The van der Waals surface area contributed by atoms with E-state index in [4.69, 9.17) is 9.96 Å². The van der Waals surface area contributed by atoms with Gasteiger partial charge >= 0.3 is 0 Å². The minimum atomic E-state index is 0.398. The van der Waals surface area contributed by atoms with Gasteiger partial charge in [-0.25, -0.2) is 0 Å². The van der Waals surface area contributed by atoms with E-state index in [2.05, 4.69) is 0 Å².